The fourth-order valence-electron chi connectivity index (χ4n) is 7.90. The molecule has 1 N–H and O–H groups in total. The van der Waals surface area contributed by atoms with Crippen molar-refractivity contribution in [3.63, 3.8) is 0 Å². The standard InChI is InChI=1S/C24H36O/c1-5-6-16(2)20-9-10-21-19-8-7-17-15-18(25)11-13-23(17,3)22(19)12-14-24(20,21)4/h15-16,18-22,25H,7-14H2,1-4H3/t16?,18-,19?,20+,21?,22?,23-,24+/m0/s1. The van der Waals surface area contributed by atoms with Gasteiger partial charge in [0, 0.05) is 5.92 Å². The highest BCUT2D eigenvalue weighted by molar-refractivity contribution is 5.25. The molecule has 3 saturated carbocycles. The first-order chi connectivity index (χ1) is 11.9. The molecule has 25 heavy (non-hydrogen) atoms. The van der Waals surface area contributed by atoms with Crippen molar-refractivity contribution < 1.29 is 5.11 Å². The fraction of sp³-hybridized carbons (Fsp3) is 0.833. The topological polar surface area (TPSA) is 20.2 Å². The number of hydrogen-bond donors (Lipinski definition) is 1. The van der Waals surface area contributed by atoms with Gasteiger partial charge in [0.15, 0.2) is 0 Å². The maximum Gasteiger partial charge on any atom is 0.0724 e. The van der Waals surface area contributed by atoms with Crippen molar-refractivity contribution in [2.24, 2.45) is 40.4 Å². The molecular formula is C24H36O. The van der Waals surface area contributed by atoms with Gasteiger partial charge in [-0.05, 0) is 92.8 Å². The van der Waals surface area contributed by atoms with Crippen LogP contribution in [0.4, 0.5) is 0 Å². The summed E-state index contributed by atoms with van der Waals surface area (Å²) < 4.78 is 0. The molecule has 0 bridgehead atoms. The maximum atomic E-state index is 10.1. The molecule has 0 aliphatic heterocycles. The summed E-state index contributed by atoms with van der Waals surface area (Å²) in [7, 11) is 0. The van der Waals surface area contributed by atoms with Crippen molar-refractivity contribution in [2.45, 2.75) is 85.2 Å². The highest BCUT2D eigenvalue weighted by atomic mass is 16.3. The molecule has 0 aromatic carbocycles. The monoisotopic (exact) mass is 340 g/mol. The van der Waals surface area contributed by atoms with Crippen LogP contribution in [-0.4, -0.2) is 11.2 Å². The van der Waals surface area contributed by atoms with E-state index in [0.29, 0.717) is 16.7 Å². The molecular weight excluding hydrogens is 304 g/mol. The summed E-state index contributed by atoms with van der Waals surface area (Å²) in [4.78, 5) is 0. The lowest BCUT2D eigenvalue weighted by Gasteiger charge is -2.58. The molecule has 0 aromatic rings. The normalized spacial score (nSPS) is 49.8. The molecule has 8 atom stereocenters. The van der Waals surface area contributed by atoms with Crippen LogP contribution in [0.3, 0.4) is 0 Å². The molecule has 0 heterocycles. The molecule has 138 valence electrons. The largest absolute Gasteiger partial charge is 0.389 e. The van der Waals surface area contributed by atoms with Gasteiger partial charge in [-0.15, -0.1) is 11.8 Å². The van der Waals surface area contributed by atoms with E-state index in [-0.39, 0.29) is 6.10 Å². The summed E-state index contributed by atoms with van der Waals surface area (Å²) in [6.45, 7) is 9.50. The molecule has 0 aromatic heterocycles. The molecule has 1 heteroatoms. The number of aliphatic hydroxyl groups excluding tert-OH is 1. The lowest BCUT2D eigenvalue weighted by Crippen LogP contribution is -2.51. The Labute approximate surface area is 154 Å². The van der Waals surface area contributed by atoms with E-state index in [0.717, 1.165) is 30.1 Å². The SMILES string of the molecule is CC#CC(C)[C@H]1CCC2C3CCC4=C[C@@H](O)CC[C@]4(C)C3CC[C@@]21C. The highest BCUT2D eigenvalue weighted by Crippen LogP contribution is 2.67. The lowest BCUT2D eigenvalue weighted by atomic mass is 9.46. The third-order valence-corrected chi connectivity index (χ3v) is 9.14. The van der Waals surface area contributed by atoms with Crippen LogP contribution in [0, 0.1) is 52.3 Å². The lowest BCUT2D eigenvalue weighted by molar-refractivity contribution is -0.0590. The molecule has 4 aliphatic rings. The maximum absolute atomic E-state index is 10.1. The molecule has 1 nitrogen and oxygen atoms in total. The zero-order chi connectivity index (χ0) is 17.8. The van der Waals surface area contributed by atoms with E-state index in [9.17, 15) is 5.11 Å². The van der Waals surface area contributed by atoms with Gasteiger partial charge in [-0.1, -0.05) is 32.4 Å². The van der Waals surface area contributed by atoms with Crippen LogP contribution in [0.15, 0.2) is 11.6 Å². The van der Waals surface area contributed by atoms with Gasteiger partial charge in [-0.3, -0.25) is 0 Å². The first kappa shape index (κ1) is 17.7. The number of fused-ring (bicyclic) bond motifs is 5. The van der Waals surface area contributed by atoms with Crippen molar-refractivity contribution >= 4 is 0 Å². The molecule has 3 fully saturated rings. The van der Waals surface area contributed by atoms with Crippen LogP contribution in [0.5, 0.6) is 0 Å². The highest BCUT2D eigenvalue weighted by Gasteiger charge is 2.59. The van der Waals surface area contributed by atoms with E-state index in [4.69, 9.17) is 0 Å². The summed E-state index contributed by atoms with van der Waals surface area (Å²) >= 11 is 0. The van der Waals surface area contributed by atoms with Gasteiger partial charge < -0.3 is 5.11 Å². The summed E-state index contributed by atoms with van der Waals surface area (Å²) in [6, 6.07) is 0. The molecule has 4 aliphatic carbocycles. The van der Waals surface area contributed by atoms with Gasteiger partial charge >= 0.3 is 0 Å². The molecule has 4 rings (SSSR count). The Morgan fingerprint density at radius 1 is 1.08 bits per heavy atom. The number of allylic oxidation sites excluding steroid dienone is 1. The van der Waals surface area contributed by atoms with Gasteiger partial charge in [0.2, 0.25) is 0 Å². The van der Waals surface area contributed by atoms with Crippen LogP contribution < -0.4 is 0 Å². The Hall–Kier alpha value is -0.740. The van der Waals surface area contributed by atoms with E-state index in [2.05, 4.69) is 38.7 Å². The van der Waals surface area contributed by atoms with Crippen LogP contribution in [0.1, 0.15) is 79.1 Å². The minimum absolute atomic E-state index is 0.183. The average Bonchev–Trinajstić information content (AvgIpc) is 2.93. The van der Waals surface area contributed by atoms with E-state index < -0.39 is 0 Å². The van der Waals surface area contributed by atoms with E-state index in [1.807, 2.05) is 6.92 Å². The van der Waals surface area contributed by atoms with E-state index >= 15 is 0 Å². The minimum Gasteiger partial charge on any atom is -0.389 e. The molecule has 0 saturated heterocycles. The van der Waals surface area contributed by atoms with E-state index in [1.54, 1.807) is 5.57 Å². The second-order valence-electron chi connectivity index (χ2n) is 10.0. The van der Waals surface area contributed by atoms with Gasteiger partial charge in [0.25, 0.3) is 0 Å². The van der Waals surface area contributed by atoms with Crippen LogP contribution in [0.25, 0.3) is 0 Å². The zero-order valence-electron chi connectivity index (χ0n) is 16.6. The van der Waals surface area contributed by atoms with Crippen LogP contribution >= 0.6 is 0 Å². The summed E-state index contributed by atoms with van der Waals surface area (Å²) in [5.74, 6) is 10.7. The van der Waals surface area contributed by atoms with Crippen molar-refractivity contribution in [3.8, 4) is 11.8 Å². The van der Waals surface area contributed by atoms with Crippen molar-refractivity contribution in [1.82, 2.24) is 0 Å². The Kier molecular flexibility index (Phi) is 4.35. The number of hydrogen-bond acceptors (Lipinski definition) is 1. The van der Waals surface area contributed by atoms with Gasteiger partial charge in [0.1, 0.15) is 0 Å². The van der Waals surface area contributed by atoms with Crippen molar-refractivity contribution in [3.05, 3.63) is 11.6 Å². The predicted molar refractivity (Wildman–Crippen MR) is 104 cm³/mol. The first-order valence-electron chi connectivity index (χ1n) is 10.7. The van der Waals surface area contributed by atoms with E-state index in [1.165, 1.54) is 44.9 Å². The molecule has 0 amide bonds. The van der Waals surface area contributed by atoms with Gasteiger partial charge in [-0.2, -0.15) is 0 Å². The fourth-order valence-corrected chi connectivity index (χ4v) is 7.90. The smallest absolute Gasteiger partial charge is 0.0724 e. The molecule has 0 spiro atoms. The minimum atomic E-state index is -0.183. The molecule has 4 unspecified atom stereocenters. The van der Waals surface area contributed by atoms with Gasteiger partial charge in [0.05, 0.1) is 6.10 Å². The predicted octanol–water partition coefficient (Wildman–Crippen LogP) is 5.59. The third-order valence-electron chi connectivity index (χ3n) is 9.14. The average molecular weight is 341 g/mol. The summed E-state index contributed by atoms with van der Waals surface area (Å²) in [5.41, 5.74) is 2.47. The van der Waals surface area contributed by atoms with Crippen LogP contribution in [-0.2, 0) is 0 Å². The summed E-state index contributed by atoms with van der Waals surface area (Å²) in [5, 5.41) is 10.1. The zero-order valence-corrected chi connectivity index (χ0v) is 16.6. The number of rotatable bonds is 1. The van der Waals surface area contributed by atoms with Gasteiger partial charge in [-0.25, -0.2) is 0 Å². The Morgan fingerprint density at radius 2 is 1.88 bits per heavy atom. The van der Waals surface area contributed by atoms with Crippen molar-refractivity contribution in [2.75, 3.05) is 0 Å². The first-order valence-corrected chi connectivity index (χ1v) is 10.7. The molecule has 0 radical (unpaired) electrons. The second kappa shape index (κ2) is 6.16. The van der Waals surface area contributed by atoms with Crippen molar-refractivity contribution in [1.29, 1.82) is 0 Å². The Bertz CT molecular complexity index is 622. The third kappa shape index (κ3) is 2.55. The Morgan fingerprint density at radius 3 is 2.64 bits per heavy atom. The summed E-state index contributed by atoms with van der Waals surface area (Å²) in [6.07, 6.45) is 12.4. The second-order valence-corrected chi connectivity index (χ2v) is 10.0. The quantitative estimate of drug-likeness (QED) is 0.487. The number of aliphatic hydroxyl groups is 1. The van der Waals surface area contributed by atoms with Crippen LogP contribution in [0.2, 0.25) is 0 Å². The Balaban J connectivity index is 1.62.